The fraction of sp³-hybridized carbons (Fsp3) is 0.227. The highest BCUT2D eigenvalue weighted by molar-refractivity contribution is 7.16. The molecule has 0 spiro atoms. The van der Waals surface area contributed by atoms with Crippen LogP contribution >= 0.6 is 11.3 Å². The lowest BCUT2D eigenvalue weighted by Gasteiger charge is -2.26. The molecule has 0 radical (unpaired) electrons. The van der Waals surface area contributed by atoms with Crippen molar-refractivity contribution in [1.82, 2.24) is 5.32 Å². The number of nitrogens with one attached hydrogen (secondary N) is 3. The molecule has 0 fully saturated rings. The number of fused-ring (bicyclic) bond motifs is 3. The first-order chi connectivity index (χ1) is 13.8. The number of anilines is 1. The van der Waals surface area contributed by atoms with Gasteiger partial charge in [0, 0.05) is 12.0 Å². The van der Waals surface area contributed by atoms with Gasteiger partial charge in [-0.3, -0.25) is 4.79 Å². The molecule has 3 aromatic rings. The molecule has 5 nitrogen and oxygen atoms in total. The van der Waals surface area contributed by atoms with Crippen LogP contribution in [-0.4, -0.2) is 18.6 Å². The molecular weight excluding hydrogens is 370 g/mol. The van der Waals surface area contributed by atoms with Crippen LogP contribution in [0.1, 0.15) is 32.1 Å². The zero-order valence-corrected chi connectivity index (χ0v) is 16.2. The van der Waals surface area contributed by atoms with Crippen LogP contribution in [0.2, 0.25) is 0 Å². The summed E-state index contributed by atoms with van der Waals surface area (Å²) in [5.74, 6) is 0.791. The molecule has 0 saturated heterocycles. The number of benzene rings is 1. The molecule has 4 heterocycles. The molecule has 2 aromatic heterocycles. The second-order valence-corrected chi connectivity index (χ2v) is 8.37. The monoisotopic (exact) mass is 392 g/mol. The van der Waals surface area contributed by atoms with Crippen LogP contribution in [0, 0.1) is 0 Å². The molecule has 2 aliphatic rings. The molecule has 2 atom stereocenters. The number of carbonyl (C=O) groups excluding carboxylic acids is 1. The molecule has 28 heavy (non-hydrogen) atoms. The number of thiophene rings is 1. The molecule has 1 unspecified atom stereocenters. The van der Waals surface area contributed by atoms with E-state index in [0.717, 1.165) is 42.4 Å². The lowest BCUT2D eigenvalue weighted by atomic mass is 10.0. The average Bonchev–Trinajstić information content (AvgIpc) is 3.34. The van der Waals surface area contributed by atoms with Crippen LogP contribution < -0.4 is 15.5 Å². The summed E-state index contributed by atoms with van der Waals surface area (Å²) < 4.78 is 5.32. The first-order valence-corrected chi connectivity index (χ1v) is 10.4. The molecule has 0 saturated carbocycles. The summed E-state index contributed by atoms with van der Waals surface area (Å²) >= 11 is 1.73. The first-order valence-electron chi connectivity index (χ1n) is 9.57. The Labute approximate surface area is 167 Å². The minimum atomic E-state index is -0.224. The van der Waals surface area contributed by atoms with Crippen molar-refractivity contribution in [3.05, 3.63) is 82.1 Å². The van der Waals surface area contributed by atoms with Gasteiger partial charge in [-0.25, -0.2) is 0 Å². The summed E-state index contributed by atoms with van der Waals surface area (Å²) in [6.07, 6.45) is 6.17. The Hall–Kier alpha value is -2.83. The highest BCUT2D eigenvalue weighted by atomic mass is 32.1. The van der Waals surface area contributed by atoms with Crippen LogP contribution in [0.5, 0.6) is 0 Å². The van der Waals surface area contributed by atoms with E-state index in [0.29, 0.717) is 0 Å². The second kappa shape index (κ2) is 7.30. The summed E-state index contributed by atoms with van der Waals surface area (Å²) in [5, 5.41) is 7.49. The number of hydrogen-bond acceptors (Lipinski definition) is 4. The van der Waals surface area contributed by atoms with E-state index in [-0.39, 0.29) is 12.1 Å². The van der Waals surface area contributed by atoms with Crippen LogP contribution in [0.15, 0.2) is 59.2 Å². The highest BCUT2D eigenvalue weighted by Gasteiger charge is 2.33. The molecule has 142 valence electrons. The van der Waals surface area contributed by atoms with Gasteiger partial charge in [0.25, 0.3) is 5.91 Å². The van der Waals surface area contributed by atoms with Gasteiger partial charge in [0.05, 0.1) is 23.2 Å². The molecule has 2 aliphatic heterocycles. The van der Waals surface area contributed by atoms with Gasteiger partial charge in [0.15, 0.2) is 0 Å². The standard InChI is InChI=1S/C22H21N3O2S/c26-21-20-17-10-11-25(13-15-5-2-1-3-6-15)14-18(17)28-22(20)24-19(23-21)9-8-16-7-4-12-27-16/h1-9,12,19,24H,10-11,13-14H2,(H,23,26)/p+1/b9-8+/t19-/m0/s1. The van der Waals surface area contributed by atoms with E-state index in [1.54, 1.807) is 22.5 Å². The summed E-state index contributed by atoms with van der Waals surface area (Å²) in [5.41, 5.74) is 3.44. The van der Waals surface area contributed by atoms with E-state index in [9.17, 15) is 4.79 Å². The van der Waals surface area contributed by atoms with Gasteiger partial charge >= 0.3 is 0 Å². The molecular formula is C22H22N3O2S+. The predicted molar refractivity (Wildman–Crippen MR) is 110 cm³/mol. The maximum atomic E-state index is 12.8. The molecule has 5 rings (SSSR count). The van der Waals surface area contributed by atoms with E-state index >= 15 is 0 Å². The number of carbonyl (C=O) groups is 1. The maximum absolute atomic E-state index is 12.8. The Balaban J connectivity index is 1.33. The Morgan fingerprint density at radius 2 is 2.07 bits per heavy atom. The number of hydrogen-bond donors (Lipinski definition) is 3. The molecule has 1 aromatic carbocycles. The lowest BCUT2D eigenvalue weighted by molar-refractivity contribution is -0.929. The summed E-state index contributed by atoms with van der Waals surface area (Å²) in [7, 11) is 0. The summed E-state index contributed by atoms with van der Waals surface area (Å²) in [6.45, 7) is 3.06. The van der Waals surface area contributed by atoms with Crippen LogP contribution in [0.25, 0.3) is 6.08 Å². The van der Waals surface area contributed by atoms with Crippen LogP contribution in [-0.2, 0) is 19.5 Å². The Morgan fingerprint density at radius 3 is 2.89 bits per heavy atom. The average molecular weight is 393 g/mol. The van der Waals surface area contributed by atoms with E-state index in [1.165, 1.54) is 16.0 Å². The molecule has 3 N–H and O–H groups in total. The van der Waals surface area contributed by atoms with Gasteiger partial charge in [-0.15, -0.1) is 11.3 Å². The number of furan rings is 1. The Bertz CT molecular complexity index is 1010. The van der Waals surface area contributed by atoms with Crippen molar-refractivity contribution in [2.75, 3.05) is 11.9 Å². The number of amides is 1. The minimum Gasteiger partial charge on any atom is -0.465 e. The zero-order chi connectivity index (χ0) is 18.9. The zero-order valence-electron chi connectivity index (χ0n) is 15.4. The fourth-order valence-corrected chi connectivity index (χ4v) is 5.33. The molecule has 6 heteroatoms. The highest BCUT2D eigenvalue weighted by Crippen LogP contribution is 2.36. The normalized spacial score (nSPS) is 21.1. The Morgan fingerprint density at radius 1 is 1.18 bits per heavy atom. The van der Waals surface area contributed by atoms with Crippen molar-refractivity contribution in [3.63, 3.8) is 0 Å². The molecule has 0 bridgehead atoms. The fourth-order valence-electron chi connectivity index (χ4n) is 3.98. The van der Waals surface area contributed by atoms with Gasteiger partial charge in [0.2, 0.25) is 0 Å². The van der Waals surface area contributed by atoms with Crippen molar-refractivity contribution >= 4 is 28.3 Å². The maximum Gasteiger partial charge on any atom is 0.256 e. The Kier molecular flexibility index (Phi) is 4.50. The van der Waals surface area contributed by atoms with E-state index in [2.05, 4.69) is 41.0 Å². The van der Waals surface area contributed by atoms with E-state index in [1.807, 2.05) is 24.3 Å². The SMILES string of the molecule is O=C1N[C@H](/C=C/c2ccco2)Nc2sc3c(c21)CC[NH+](Cc1ccccc1)C3. The number of rotatable bonds is 4. The van der Waals surface area contributed by atoms with Crippen molar-refractivity contribution in [3.8, 4) is 0 Å². The molecule has 1 amide bonds. The van der Waals surface area contributed by atoms with Crippen molar-refractivity contribution < 1.29 is 14.1 Å². The second-order valence-electron chi connectivity index (χ2n) is 7.27. The predicted octanol–water partition coefficient (Wildman–Crippen LogP) is 2.68. The van der Waals surface area contributed by atoms with Crippen molar-refractivity contribution in [2.24, 2.45) is 0 Å². The van der Waals surface area contributed by atoms with Gasteiger partial charge in [-0.1, -0.05) is 30.3 Å². The topological polar surface area (TPSA) is 58.7 Å². The third-order valence-corrected chi connectivity index (χ3v) is 6.49. The van der Waals surface area contributed by atoms with Gasteiger partial charge in [-0.05, 0) is 29.8 Å². The first kappa shape index (κ1) is 17.3. The molecule has 0 aliphatic carbocycles. The van der Waals surface area contributed by atoms with Gasteiger partial charge < -0.3 is 20.0 Å². The largest absolute Gasteiger partial charge is 0.465 e. The van der Waals surface area contributed by atoms with Gasteiger partial charge in [-0.2, -0.15) is 0 Å². The summed E-state index contributed by atoms with van der Waals surface area (Å²) in [4.78, 5) is 15.6. The van der Waals surface area contributed by atoms with Crippen molar-refractivity contribution in [1.29, 1.82) is 0 Å². The summed E-state index contributed by atoms with van der Waals surface area (Å²) in [6, 6.07) is 14.4. The van der Waals surface area contributed by atoms with E-state index < -0.39 is 0 Å². The third kappa shape index (κ3) is 3.37. The van der Waals surface area contributed by atoms with Crippen molar-refractivity contribution in [2.45, 2.75) is 25.7 Å². The lowest BCUT2D eigenvalue weighted by Crippen LogP contribution is -3.10. The number of quaternary nitrogens is 1. The van der Waals surface area contributed by atoms with Gasteiger partial charge in [0.1, 0.15) is 30.0 Å². The minimum absolute atomic E-state index is 0.0202. The smallest absolute Gasteiger partial charge is 0.256 e. The quantitative estimate of drug-likeness (QED) is 0.640. The van der Waals surface area contributed by atoms with Crippen LogP contribution in [0.3, 0.4) is 0 Å². The van der Waals surface area contributed by atoms with E-state index in [4.69, 9.17) is 4.42 Å². The van der Waals surface area contributed by atoms with Crippen LogP contribution in [0.4, 0.5) is 5.00 Å². The third-order valence-electron chi connectivity index (χ3n) is 5.32.